The number of benzene rings is 4. The standard InChI is InChI=1S/C52H80N4O4/c1-17-21-57-49-37-25-39-31-46(54(8,9)10)33-41(50(39)58-22-18-2)27-43-35-48(56(14,15)16)36-44(52(43)60-24-20-4)28-42-34-47(55(11,12)13)32-40(51(42)59-23-19-3)26-38(49)30-45(29-37)53(5,6)7/h29-36H,17-28H2,1-16H3/q+4. The predicted octanol–water partition coefficient (Wildman–Crippen LogP) is 10.3. The Bertz CT molecular complexity index is 1720. The Morgan fingerprint density at radius 3 is 0.567 bits per heavy atom. The summed E-state index contributed by atoms with van der Waals surface area (Å²) in [5, 5.41) is 0. The molecule has 0 aromatic heterocycles. The molecule has 0 saturated carbocycles. The van der Waals surface area contributed by atoms with Gasteiger partial charge in [0.15, 0.2) is 0 Å². The molecule has 0 fully saturated rings. The Balaban J connectivity index is 2.02. The van der Waals surface area contributed by atoms with E-state index < -0.39 is 0 Å². The number of hydrogen-bond donors (Lipinski definition) is 0. The van der Waals surface area contributed by atoms with Crippen LogP contribution in [0.1, 0.15) is 97.9 Å². The molecule has 8 nitrogen and oxygen atoms in total. The van der Waals surface area contributed by atoms with E-state index >= 15 is 0 Å². The molecule has 0 atom stereocenters. The molecule has 0 spiro atoms. The van der Waals surface area contributed by atoms with Gasteiger partial charge in [-0.2, -0.15) is 0 Å². The van der Waals surface area contributed by atoms with Crippen LogP contribution in [0.25, 0.3) is 0 Å². The van der Waals surface area contributed by atoms with Crippen molar-refractivity contribution in [2.45, 2.75) is 79.1 Å². The van der Waals surface area contributed by atoms with Crippen molar-refractivity contribution in [2.75, 3.05) is 111 Å². The molecule has 1 aliphatic carbocycles. The van der Waals surface area contributed by atoms with Gasteiger partial charge in [-0.1, -0.05) is 27.7 Å². The number of quaternary nitrogens is 4. The van der Waals surface area contributed by atoms with Gasteiger partial charge in [0.25, 0.3) is 0 Å². The zero-order valence-corrected chi connectivity index (χ0v) is 40.5. The third-order valence-corrected chi connectivity index (χ3v) is 11.3. The molecule has 1 aliphatic rings. The third kappa shape index (κ3) is 11.2. The van der Waals surface area contributed by atoms with Crippen LogP contribution in [0.15, 0.2) is 48.5 Å². The zero-order valence-electron chi connectivity index (χ0n) is 40.5. The van der Waals surface area contributed by atoms with Gasteiger partial charge < -0.3 is 18.9 Å². The average Bonchev–Trinajstić information content (AvgIpc) is 3.14. The summed E-state index contributed by atoms with van der Waals surface area (Å²) in [6.07, 6.45) is 6.37. The highest BCUT2D eigenvalue weighted by Gasteiger charge is 2.30. The highest BCUT2D eigenvalue weighted by molar-refractivity contribution is 5.66. The maximum atomic E-state index is 6.93. The molecule has 0 amide bonds. The van der Waals surface area contributed by atoms with Gasteiger partial charge in [-0.15, -0.1) is 0 Å². The summed E-state index contributed by atoms with van der Waals surface area (Å²) in [6.45, 7) is 11.3. The highest BCUT2D eigenvalue weighted by atomic mass is 16.5. The molecular weight excluding hydrogens is 745 g/mol. The van der Waals surface area contributed by atoms with E-state index in [1.165, 1.54) is 67.3 Å². The van der Waals surface area contributed by atoms with Gasteiger partial charge in [0, 0.05) is 119 Å². The molecule has 60 heavy (non-hydrogen) atoms. The topological polar surface area (TPSA) is 36.9 Å². The van der Waals surface area contributed by atoms with Crippen molar-refractivity contribution < 1.29 is 18.9 Å². The van der Waals surface area contributed by atoms with Crippen molar-refractivity contribution in [2.24, 2.45) is 0 Å². The zero-order chi connectivity index (χ0) is 44.2. The summed E-state index contributed by atoms with van der Waals surface area (Å²) < 4.78 is 30.5. The minimum atomic E-state index is 0.639. The number of fused-ring (bicyclic) bond motifs is 8. The molecule has 8 bridgehead atoms. The number of hydrogen-bond acceptors (Lipinski definition) is 4. The Hall–Kier alpha value is -4.08. The first kappa shape index (κ1) is 47.0. The molecule has 328 valence electrons. The van der Waals surface area contributed by atoms with Gasteiger partial charge >= 0.3 is 0 Å². The largest absolute Gasteiger partial charge is 0.493 e. The van der Waals surface area contributed by atoms with Crippen molar-refractivity contribution >= 4 is 22.7 Å². The van der Waals surface area contributed by atoms with E-state index in [1.807, 2.05) is 0 Å². The second-order valence-corrected chi connectivity index (χ2v) is 20.5. The van der Waals surface area contributed by atoms with Crippen LogP contribution in [-0.4, -0.2) is 111 Å². The van der Waals surface area contributed by atoms with Crippen LogP contribution in [0, 0.1) is 0 Å². The Morgan fingerprint density at radius 1 is 0.300 bits per heavy atom. The first-order valence-corrected chi connectivity index (χ1v) is 22.5. The lowest BCUT2D eigenvalue weighted by Crippen LogP contribution is -2.35. The average molecular weight is 825 g/mol. The van der Waals surface area contributed by atoms with Crippen LogP contribution in [0.5, 0.6) is 23.0 Å². The van der Waals surface area contributed by atoms with Crippen LogP contribution >= 0.6 is 0 Å². The number of ether oxygens (including phenoxy) is 4. The summed E-state index contributed by atoms with van der Waals surface area (Å²) in [5.74, 6) is 3.91. The van der Waals surface area contributed by atoms with Crippen LogP contribution in [0.2, 0.25) is 0 Å². The Labute approximate surface area is 364 Å². The second kappa shape index (κ2) is 18.9. The van der Waals surface area contributed by atoms with Crippen LogP contribution in [0.3, 0.4) is 0 Å². The smallest absolute Gasteiger partial charge is 0.133 e. The quantitative estimate of drug-likeness (QED) is 0.0929. The maximum Gasteiger partial charge on any atom is 0.133 e. The molecular formula is C52H80N4O4+4. The van der Waals surface area contributed by atoms with Crippen molar-refractivity contribution in [1.82, 2.24) is 17.9 Å². The molecule has 0 radical (unpaired) electrons. The fourth-order valence-corrected chi connectivity index (χ4v) is 7.92. The summed E-state index contributed by atoms with van der Waals surface area (Å²) >= 11 is 0. The van der Waals surface area contributed by atoms with Gasteiger partial charge in [0.2, 0.25) is 0 Å². The van der Waals surface area contributed by atoms with E-state index in [0.29, 0.717) is 70.0 Å². The van der Waals surface area contributed by atoms with E-state index in [1.54, 1.807) is 0 Å². The second-order valence-electron chi connectivity index (χ2n) is 20.5. The number of nitrogens with zero attached hydrogens (tertiary/aromatic N) is 4. The first-order chi connectivity index (χ1) is 28.1. The van der Waals surface area contributed by atoms with E-state index in [9.17, 15) is 0 Å². The van der Waals surface area contributed by atoms with Crippen molar-refractivity contribution in [3.63, 3.8) is 0 Å². The minimum Gasteiger partial charge on any atom is -0.493 e. The van der Waals surface area contributed by atoms with E-state index in [4.69, 9.17) is 18.9 Å². The lowest BCUT2D eigenvalue weighted by atomic mass is 9.89. The summed E-state index contributed by atoms with van der Waals surface area (Å²) in [4.78, 5) is 0. The molecule has 0 aliphatic heterocycles. The lowest BCUT2D eigenvalue weighted by molar-refractivity contribution is 0.304. The molecule has 4 aromatic rings. The third-order valence-electron chi connectivity index (χ3n) is 11.3. The van der Waals surface area contributed by atoms with Gasteiger partial charge in [0.1, 0.15) is 45.7 Å². The minimum absolute atomic E-state index is 0.639. The lowest BCUT2D eigenvalue weighted by Gasteiger charge is -2.30. The molecule has 0 N–H and O–H groups in total. The predicted molar refractivity (Wildman–Crippen MR) is 258 cm³/mol. The van der Waals surface area contributed by atoms with Crippen LogP contribution < -0.4 is 36.9 Å². The molecule has 5 rings (SSSR count). The normalized spacial score (nSPS) is 13.6. The molecule has 0 heterocycles. The SMILES string of the molecule is CCCOc1c2cc([N+](C)(C)C)cc1Cc1cc([N+](C)(C)C)cc(c1OCCC)Cc1cc([N+](C)(C)C)cc(c1OCCC)Cc1cc([N+](C)(C)C)cc(c1OCCC)C2. The molecule has 0 saturated heterocycles. The fraction of sp³-hybridized carbons (Fsp3) is 0.538. The monoisotopic (exact) mass is 825 g/mol. The molecule has 4 aromatic carbocycles. The van der Waals surface area contributed by atoms with E-state index in [-0.39, 0.29) is 0 Å². The number of rotatable bonds is 16. The first-order valence-electron chi connectivity index (χ1n) is 22.5. The van der Waals surface area contributed by atoms with Gasteiger partial charge in [-0.05, 0) is 25.7 Å². The van der Waals surface area contributed by atoms with Gasteiger partial charge in [-0.25, -0.2) is 0 Å². The maximum absolute atomic E-state index is 6.93. The van der Waals surface area contributed by atoms with Crippen LogP contribution in [-0.2, 0) is 25.7 Å². The van der Waals surface area contributed by atoms with Crippen molar-refractivity contribution in [3.05, 3.63) is 93.0 Å². The Kier molecular flexibility index (Phi) is 14.8. The molecule has 0 unspecified atom stereocenters. The molecule has 8 heteroatoms. The van der Waals surface area contributed by atoms with Gasteiger partial charge in [0.05, 0.1) is 111 Å². The van der Waals surface area contributed by atoms with E-state index in [0.717, 1.165) is 48.7 Å². The van der Waals surface area contributed by atoms with Crippen molar-refractivity contribution in [3.8, 4) is 23.0 Å². The summed E-state index contributed by atoms with van der Waals surface area (Å²) in [7, 11) is 27.1. The summed E-state index contributed by atoms with van der Waals surface area (Å²) in [6, 6.07) is 19.1. The summed E-state index contributed by atoms with van der Waals surface area (Å²) in [5.41, 5.74) is 14.4. The fourth-order valence-electron chi connectivity index (χ4n) is 7.92. The van der Waals surface area contributed by atoms with E-state index in [2.05, 4.69) is 161 Å². The highest BCUT2D eigenvalue weighted by Crippen LogP contribution is 2.44. The van der Waals surface area contributed by atoms with Crippen LogP contribution in [0.4, 0.5) is 22.7 Å². The van der Waals surface area contributed by atoms with Gasteiger partial charge in [-0.3, -0.25) is 17.9 Å². The van der Waals surface area contributed by atoms with Crippen molar-refractivity contribution in [1.29, 1.82) is 0 Å². The Morgan fingerprint density at radius 2 is 0.450 bits per heavy atom.